The molecule has 17 heavy (non-hydrogen) atoms. The molecule has 0 saturated carbocycles. The second-order valence-corrected chi connectivity index (χ2v) is 3.80. The van der Waals surface area contributed by atoms with Gasteiger partial charge in [-0.3, -0.25) is 4.79 Å². The summed E-state index contributed by atoms with van der Waals surface area (Å²) in [5.74, 6) is 0.228. The highest BCUT2D eigenvalue weighted by molar-refractivity contribution is 6.92. The molecule has 0 spiro atoms. The summed E-state index contributed by atoms with van der Waals surface area (Å²) in [4.78, 5) is 11.8. The summed E-state index contributed by atoms with van der Waals surface area (Å²) < 4.78 is 5.23. The molecule has 3 rings (SSSR count). The fourth-order valence-electron chi connectivity index (χ4n) is 2.07. The molecule has 0 saturated heterocycles. The van der Waals surface area contributed by atoms with E-state index in [2.05, 4.69) is 0 Å². The minimum atomic E-state index is -0.266. The van der Waals surface area contributed by atoms with E-state index in [0.717, 1.165) is 11.1 Å². The van der Waals surface area contributed by atoms with Gasteiger partial charge in [0.25, 0.3) is 0 Å². The Morgan fingerprint density at radius 3 is 2.29 bits per heavy atom. The van der Waals surface area contributed by atoms with Crippen LogP contribution in [-0.2, 0) is 4.79 Å². The lowest BCUT2D eigenvalue weighted by Gasteiger charge is -2.06. The third-order valence-corrected chi connectivity index (χ3v) is 2.81. The van der Waals surface area contributed by atoms with Crippen molar-refractivity contribution in [1.82, 2.24) is 0 Å². The van der Waals surface area contributed by atoms with Crippen LogP contribution in [0.4, 0.5) is 0 Å². The molecule has 1 heterocycles. The maximum Gasteiger partial charge on any atom is 0.323 e. The summed E-state index contributed by atoms with van der Waals surface area (Å²) in [6.07, 6.45) is 0. The number of ether oxygens (including phenoxy) is 1. The first-order valence-electron chi connectivity index (χ1n) is 5.22. The average Bonchev–Trinajstić information content (AvgIpc) is 2.66. The van der Waals surface area contributed by atoms with Crippen LogP contribution in [0, 0.1) is 0 Å². The van der Waals surface area contributed by atoms with Gasteiger partial charge in [0.1, 0.15) is 11.7 Å². The van der Waals surface area contributed by atoms with Crippen LogP contribution >= 0.6 is 9.90 Å². The fraction of sp³-hybridized carbons (Fsp3) is 0.0714. The van der Waals surface area contributed by atoms with Crippen molar-refractivity contribution in [3.8, 4) is 5.75 Å². The first-order valence-corrected chi connectivity index (χ1v) is 5.22. The number of esters is 1. The van der Waals surface area contributed by atoms with Crippen LogP contribution in [0.1, 0.15) is 17.0 Å². The van der Waals surface area contributed by atoms with E-state index < -0.39 is 0 Å². The van der Waals surface area contributed by atoms with Crippen LogP contribution in [-0.4, -0.2) is 5.97 Å². The largest absolute Gasteiger partial charge is 0.425 e. The van der Waals surface area contributed by atoms with Crippen molar-refractivity contribution in [3.05, 3.63) is 65.7 Å². The molecule has 0 amide bonds. The number of rotatable bonds is 1. The molecule has 1 aliphatic heterocycles. The van der Waals surface area contributed by atoms with Gasteiger partial charge in [-0.05, 0) is 11.6 Å². The molecule has 3 heteroatoms. The number of benzene rings is 2. The van der Waals surface area contributed by atoms with Crippen LogP contribution in [0.15, 0.2) is 54.6 Å². The quantitative estimate of drug-likeness (QED) is 0.438. The number of carbonyl (C=O) groups excluding carboxylic acids is 1. The van der Waals surface area contributed by atoms with Gasteiger partial charge in [-0.15, -0.1) is 0 Å². The highest BCUT2D eigenvalue weighted by atomic mass is 31.0. The van der Waals surface area contributed by atoms with Crippen LogP contribution in [0.2, 0.25) is 0 Å². The van der Waals surface area contributed by atoms with Crippen molar-refractivity contribution in [3.63, 3.8) is 0 Å². The van der Waals surface area contributed by atoms with Crippen LogP contribution in [0.25, 0.3) is 0 Å². The molecule has 0 aliphatic carbocycles. The minimum absolute atomic E-state index is 0. The van der Waals surface area contributed by atoms with Crippen molar-refractivity contribution in [2.45, 2.75) is 5.92 Å². The average molecular weight is 244 g/mol. The van der Waals surface area contributed by atoms with E-state index in [1.54, 1.807) is 0 Å². The lowest BCUT2D eigenvalue weighted by Crippen LogP contribution is -2.11. The van der Waals surface area contributed by atoms with Crippen molar-refractivity contribution < 1.29 is 9.53 Å². The predicted molar refractivity (Wildman–Crippen MR) is 71.5 cm³/mol. The second kappa shape index (κ2) is 4.68. The molecule has 2 nitrogen and oxygen atoms in total. The SMILES string of the molecule is O=C1Oc2ccccc2C1c1ccccc1.P. The van der Waals surface area contributed by atoms with Gasteiger partial charge in [-0.25, -0.2) is 0 Å². The molecule has 0 bridgehead atoms. The molecule has 2 aromatic carbocycles. The smallest absolute Gasteiger partial charge is 0.323 e. The summed E-state index contributed by atoms with van der Waals surface area (Å²) in [5, 5.41) is 0. The molecule has 0 N–H and O–H groups in total. The van der Waals surface area contributed by atoms with Gasteiger partial charge >= 0.3 is 5.97 Å². The third-order valence-electron chi connectivity index (χ3n) is 2.81. The van der Waals surface area contributed by atoms with Crippen molar-refractivity contribution in [2.75, 3.05) is 0 Å². The topological polar surface area (TPSA) is 26.3 Å². The number of hydrogen-bond donors (Lipinski definition) is 0. The summed E-state index contributed by atoms with van der Waals surface area (Å²) in [6.45, 7) is 0. The zero-order chi connectivity index (χ0) is 11.0. The Morgan fingerprint density at radius 2 is 1.53 bits per heavy atom. The van der Waals surface area contributed by atoms with Gasteiger partial charge in [-0.1, -0.05) is 48.5 Å². The van der Waals surface area contributed by atoms with E-state index in [1.165, 1.54) is 0 Å². The molecule has 1 aliphatic rings. The summed E-state index contributed by atoms with van der Waals surface area (Å²) in [7, 11) is 0. The minimum Gasteiger partial charge on any atom is -0.425 e. The summed E-state index contributed by atoms with van der Waals surface area (Å²) >= 11 is 0. The van der Waals surface area contributed by atoms with E-state index in [4.69, 9.17) is 4.74 Å². The van der Waals surface area contributed by atoms with Gasteiger partial charge in [0, 0.05) is 5.56 Å². The monoisotopic (exact) mass is 244 g/mol. The van der Waals surface area contributed by atoms with Crippen LogP contribution < -0.4 is 4.74 Å². The van der Waals surface area contributed by atoms with E-state index >= 15 is 0 Å². The highest BCUT2D eigenvalue weighted by Crippen LogP contribution is 2.38. The first kappa shape index (κ1) is 11.8. The number of hydrogen-bond acceptors (Lipinski definition) is 2. The molecule has 0 fully saturated rings. The molecule has 2 atom stereocenters. The van der Waals surface area contributed by atoms with Crippen LogP contribution in [0.3, 0.4) is 0 Å². The van der Waals surface area contributed by atoms with Crippen molar-refractivity contribution in [2.24, 2.45) is 0 Å². The van der Waals surface area contributed by atoms with E-state index in [0.29, 0.717) is 5.75 Å². The first-order chi connectivity index (χ1) is 7.86. The molecule has 2 aromatic rings. The van der Waals surface area contributed by atoms with Crippen molar-refractivity contribution in [1.29, 1.82) is 0 Å². The zero-order valence-corrected chi connectivity index (χ0v) is 10.7. The predicted octanol–water partition coefficient (Wildman–Crippen LogP) is 2.80. The number of para-hydroxylation sites is 1. The molecule has 0 aromatic heterocycles. The maximum atomic E-state index is 11.8. The van der Waals surface area contributed by atoms with Gasteiger partial charge in [0.2, 0.25) is 0 Å². The summed E-state index contributed by atoms with van der Waals surface area (Å²) in [5.41, 5.74) is 1.94. The molecular formula is C14H13O2P. The normalized spacial score (nSPS) is 16.9. The fourth-order valence-corrected chi connectivity index (χ4v) is 2.07. The van der Waals surface area contributed by atoms with E-state index in [1.807, 2.05) is 54.6 Å². The van der Waals surface area contributed by atoms with Crippen molar-refractivity contribution >= 4 is 15.9 Å². The molecule has 0 radical (unpaired) electrons. The zero-order valence-electron chi connectivity index (χ0n) is 9.30. The van der Waals surface area contributed by atoms with Crippen LogP contribution in [0.5, 0.6) is 5.75 Å². The van der Waals surface area contributed by atoms with Gasteiger partial charge in [0.05, 0.1) is 0 Å². The number of carbonyl (C=O) groups is 1. The van der Waals surface area contributed by atoms with Gasteiger partial charge in [-0.2, -0.15) is 9.90 Å². The molecular weight excluding hydrogens is 231 g/mol. The molecule has 2 unspecified atom stereocenters. The maximum absolute atomic E-state index is 11.8. The Balaban J connectivity index is 0.00000108. The van der Waals surface area contributed by atoms with Gasteiger partial charge in [0.15, 0.2) is 0 Å². The lowest BCUT2D eigenvalue weighted by molar-refractivity contribution is -0.133. The second-order valence-electron chi connectivity index (χ2n) is 3.80. The van der Waals surface area contributed by atoms with Gasteiger partial charge < -0.3 is 4.74 Å². The summed E-state index contributed by atoms with van der Waals surface area (Å²) in [6, 6.07) is 17.3. The third kappa shape index (κ3) is 1.96. The Morgan fingerprint density at radius 1 is 0.882 bits per heavy atom. The Labute approximate surface area is 103 Å². The number of fused-ring (bicyclic) bond motifs is 1. The Kier molecular flexibility index (Phi) is 3.26. The lowest BCUT2D eigenvalue weighted by atomic mass is 9.93. The standard InChI is InChI=1S/C14H10O2.H3P/c15-14-13(10-6-2-1-3-7-10)11-8-4-5-9-12(11)16-14;/h1-9,13H;1H3. The highest BCUT2D eigenvalue weighted by Gasteiger charge is 2.33. The van der Waals surface area contributed by atoms with E-state index in [9.17, 15) is 4.79 Å². The van der Waals surface area contributed by atoms with E-state index in [-0.39, 0.29) is 21.8 Å². The Hall–Kier alpha value is -1.66. The Bertz CT molecular complexity index is 537. The molecule has 86 valence electrons.